The number of nitrogens with two attached hydrogens (primary N) is 1. The second-order valence-electron chi connectivity index (χ2n) is 17.8. The summed E-state index contributed by atoms with van der Waals surface area (Å²) >= 11 is 5.95. The van der Waals surface area contributed by atoms with E-state index in [0.29, 0.717) is 72.5 Å². The molecule has 0 saturated heterocycles. The van der Waals surface area contributed by atoms with Crippen LogP contribution in [0.4, 0.5) is 26.8 Å². The second kappa shape index (κ2) is 23.6. The Labute approximate surface area is 415 Å². The van der Waals surface area contributed by atoms with E-state index in [0.717, 1.165) is 38.6 Å². The number of nitrogens with one attached hydrogen (secondary N) is 3. The highest BCUT2D eigenvalue weighted by atomic mass is 35.5. The minimum absolute atomic E-state index is 0.242. The van der Waals surface area contributed by atoms with E-state index >= 15 is 0 Å². The smallest absolute Gasteiger partial charge is 0.408 e. The molecule has 21 heteroatoms. The molecular weight excluding hydrogens is 940 g/mol. The van der Waals surface area contributed by atoms with Gasteiger partial charge in [0.25, 0.3) is 0 Å². The van der Waals surface area contributed by atoms with Crippen LogP contribution in [0.15, 0.2) is 85.5 Å². The molecule has 5 N–H and O–H groups in total. The quantitative estimate of drug-likeness (QED) is 0.0444. The van der Waals surface area contributed by atoms with E-state index < -0.39 is 47.4 Å². The van der Waals surface area contributed by atoms with Gasteiger partial charge in [-0.15, -0.1) is 0 Å². The predicted molar refractivity (Wildman–Crippen MR) is 264 cm³/mol. The zero-order valence-corrected chi connectivity index (χ0v) is 41.4. The SMILES string of the molecule is COC(=O)[C@H](Cc1ccc(N)cc1)NC(=O)OC(C)(C)C.COC(=O)[C@H](Cc1ccc(Nc2ncnc3cc4c(cc23)OCCO4)cc1)NC(=O)OC(C)(C)C.Clc1ncnc2cc3c(cc12)OCCO3. The van der Waals surface area contributed by atoms with Gasteiger partial charge >= 0.3 is 24.1 Å². The molecule has 0 spiro atoms. The van der Waals surface area contributed by atoms with Crippen LogP contribution in [0.3, 0.4) is 0 Å². The molecule has 20 nitrogen and oxygen atoms in total. The number of benzene rings is 4. The zero-order valence-electron chi connectivity index (χ0n) is 40.6. The van der Waals surface area contributed by atoms with Gasteiger partial charge in [0, 0.05) is 47.1 Å². The molecule has 0 bridgehead atoms. The number of alkyl carbamates (subject to hydrolysis) is 2. The molecule has 71 heavy (non-hydrogen) atoms. The summed E-state index contributed by atoms with van der Waals surface area (Å²) in [5, 5.41) is 10.4. The molecule has 2 aliphatic heterocycles. The van der Waals surface area contributed by atoms with Gasteiger partial charge in [0.1, 0.15) is 73.3 Å². The number of halogens is 1. The molecule has 4 heterocycles. The van der Waals surface area contributed by atoms with Crippen molar-refractivity contribution in [1.82, 2.24) is 30.6 Å². The van der Waals surface area contributed by atoms with E-state index in [1.165, 1.54) is 26.9 Å². The summed E-state index contributed by atoms with van der Waals surface area (Å²) in [4.78, 5) is 64.7. The molecule has 376 valence electrons. The lowest BCUT2D eigenvalue weighted by atomic mass is 10.1. The van der Waals surface area contributed by atoms with E-state index in [1.807, 2.05) is 48.5 Å². The van der Waals surface area contributed by atoms with Crippen molar-refractivity contribution < 1.29 is 57.1 Å². The lowest BCUT2D eigenvalue weighted by Gasteiger charge is -2.22. The molecule has 0 saturated carbocycles. The molecule has 6 aromatic rings. The molecule has 0 fully saturated rings. The second-order valence-corrected chi connectivity index (χ2v) is 18.2. The Hall–Kier alpha value is -7.87. The van der Waals surface area contributed by atoms with Crippen LogP contribution in [-0.4, -0.2) is 108 Å². The number of amides is 2. The third kappa shape index (κ3) is 15.6. The Balaban J connectivity index is 0.000000193. The highest BCUT2D eigenvalue weighted by Crippen LogP contribution is 2.37. The third-order valence-electron chi connectivity index (χ3n) is 9.98. The first-order valence-corrected chi connectivity index (χ1v) is 22.7. The highest BCUT2D eigenvalue weighted by molar-refractivity contribution is 6.34. The molecule has 0 unspecified atom stereocenters. The fraction of sp³-hybridized carbons (Fsp3) is 0.360. The number of ether oxygens (including phenoxy) is 8. The molecule has 8 rings (SSSR count). The van der Waals surface area contributed by atoms with Crippen molar-refractivity contribution in [2.75, 3.05) is 51.7 Å². The van der Waals surface area contributed by atoms with Crippen LogP contribution in [0.2, 0.25) is 5.15 Å². The number of carbonyl (C=O) groups excluding carboxylic acids is 4. The number of carbonyl (C=O) groups is 4. The van der Waals surface area contributed by atoms with Gasteiger partial charge in [0.05, 0.1) is 25.3 Å². The van der Waals surface area contributed by atoms with Gasteiger partial charge in [-0.25, -0.2) is 39.1 Å². The molecule has 2 aliphatic rings. The van der Waals surface area contributed by atoms with Crippen molar-refractivity contribution in [1.29, 1.82) is 0 Å². The highest BCUT2D eigenvalue weighted by Gasteiger charge is 2.27. The van der Waals surface area contributed by atoms with Crippen molar-refractivity contribution in [2.45, 2.75) is 77.7 Å². The van der Waals surface area contributed by atoms with Crippen molar-refractivity contribution >= 4 is 74.7 Å². The number of nitrogen functional groups attached to an aromatic ring is 1. The topological polar surface area (TPSA) is 256 Å². The van der Waals surface area contributed by atoms with Crippen LogP contribution >= 0.6 is 11.6 Å². The monoisotopic (exact) mass is 996 g/mol. The first-order chi connectivity index (χ1) is 33.8. The number of anilines is 3. The van der Waals surface area contributed by atoms with Gasteiger partial charge in [-0.2, -0.15) is 0 Å². The normalized spacial score (nSPS) is 13.4. The summed E-state index contributed by atoms with van der Waals surface area (Å²) in [6.07, 6.45) is 2.11. The molecule has 2 amide bonds. The van der Waals surface area contributed by atoms with Gasteiger partial charge in [-0.3, -0.25) is 0 Å². The van der Waals surface area contributed by atoms with Crippen LogP contribution in [0.25, 0.3) is 21.8 Å². The Morgan fingerprint density at radius 3 is 1.46 bits per heavy atom. The first kappa shape index (κ1) is 52.5. The van der Waals surface area contributed by atoms with Crippen molar-refractivity contribution in [3.8, 4) is 23.0 Å². The Morgan fingerprint density at radius 1 is 0.606 bits per heavy atom. The number of nitrogens with zero attached hydrogens (tertiary/aromatic N) is 4. The predicted octanol–water partition coefficient (Wildman–Crippen LogP) is 7.69. The third-order valence-corrected chi connectivity index (χ3v) is 10.3. The Kier molecular flexibility index (Phi) is 17.5. The van der Waals surface area contributed by atoms with Crippen LogP contribution in [0.1, 0.15) is 52.7 Å². The maximum atomic E-state index is 12.2. The summed E-state index contributed by atoms with van der Waals surface area (Å²) in [5.41, 5.74) is 8.91. The lowest BCUT2D eigenvalue weighted by molar-refractivity contribution is -0.143. The van der Waals surface area contributed by atoms with Crippen molar-refractivity contribution in [3.05, 3.63) is 102 Å². The standard InChI is InChI=1S/C25H28N4O6.C15H22N2O4.C10H7ClN2O2/c1-25(2,3)35-24(31)29-19(23(30)32-4)11-15-5-7-16(8-6-15)28-22-17-12-20-21(34-10-9-33-20)13-18(17)26-14-27-22;1-15(2,3)21-14(19)17-12(13(18)20-4)9-10-5-7-11(16)8-6-10;11-10-6-3-8-9(15-2-1-14-8)4-7(6)12-5-13-10/h5-8,12-14,19H,9-11H2,1-4H3,(H,29,31)(H,26,27,28);5-8,12H,9,16H2,1-4H3,(H,17,19);3-5H,1-2H2/t19-;12-;/m00./s1. The maximum absolute atomic E-state index is 12.2. The number of rotatable bonds is 10. The van der Waals surface area contributed by atoms with Gasteiger partial charge in [0.2, 0.25) is 0 Å². The van der Waals surface area contributed by atoms with Crippen LogP contribution in [-0.2, 0) is 41.4 Å². The number of methoxy groups -OCH3 is 2. The van der Waals surface area contributed by atoms with E-state index in [9.17, 15) is 19.2 Å². The fourth-order valence-corrected chi connectivity index (χ4v) is 7.01. The number of hydrogen-bond donors (Lipinski definition) is 4. The Bertz CT molecular complexity index is 2820. The summed E-state index contributed by atoms with van der Waals surface area (Å²) in [6.45, 7) is 12.6. The summed E-state index contributed by atoms with van der Waals surface area (Å²) in [5.74, 6) is 2.27. The van der Waals surface area contributed by atoms with E-state index in [1.54, 1.807) is 65.8 Å². The number of aromatic nitrogens is 4. The van der Waals surface area contributed by atoms with E-state index in [4.69, 9.17) is 55.2 Å². The largest absolute Gasteiger partial charge is 0.486 e. The molecule has 4 aromatic carbocycles. The summed E-state index contributed by atoms with van der Waals surface area (Å²) in [6, 6.07) is 20.1. The average molecular weight is 998 g/mol. The Morgan fingerprint density at radius 2 is 1.01 bits per heavy atom. The number of hydrogen-bond acceptors (Lipinski definition) is 18. The molecule has 2 aromatic heterocycles. The maximum Gasteiger partial charge on any atom is 0.408 e. The van der Waals surface area contributed by atoms with Gasteiger partial charge in [0.15, 0.2) is 23.0 Å². The minimum Gasteiger partial charge on any atom is -0.486 e. The molecule has 0 aliphatic carbocycles. The number of fused-ring (bicyclic) bond motifs is 4. The van der Waals surface area contributed by atoms with E-state index in [2.05, 4.69) is 35.9 Å². The van der Waals surface area contributed by atoms with E-state index in [-0.39, 0.29) is 6.42 Å². The minimum atomic E-state index is -0.882. The van der Waals surface area contributed by atoms with Crippen LogP contribution < -0.4 is 40.6 Å². The summed E-state index contributed by atoms with van der Waals surface area (Å²) in [7, 11) is 2.55. The average Bonchev–Trinajstić information content (AvgIpc) is 3.32. The fourth-order valence-electron chi connectivity index (χ4n) is 6.81. The van der Waals surface area contributed by atoms with Gasteiger partial charge in [-0.05, 0) is 89.1 Å². The van der Waals surface area contributed by atoms with Crippen molar-refractivity contribution in [3.63, 3.8) is 0 Å². The van der Waals surface area contributed by atoms with Crippen molar-refractivity contribution in [2.24, 2.45) is 0 Å². The molecular formula is C50H57ClN8O12. The van der Waals surface area contributed by atoms with Gasteiger partial charge in [-0.1, -0.05) is 35.9 Å². The molecule has 0 radical (unpaired) electrons. The zero-order chi connectivity index (χ0) is 51.3. The molecule has 2 atom stereocenters. The number of esters is 2. The van der Waals surface area contributed by atoms with Crippen LogP contribution in [0.5, 0.6) is 23.0 Å². The van der Waals surface area contributed by atoms with Gasteiger partial charge < -0.3 is 59.6 Å². The summed E-state index contributed by atoms with van der Waals surface area (Å²) < 4.78 is 42.2. The lowest BCUT2D eigenvalue weighted by Crippen LogP contribution is -2.45. The first-order valence-electron chi connectivity index (χ1n) is 22.4. The van der Waals surface area contributed by atoms with Crippen LogP contribution in [0, 0.1) is 0 Å².